The van der Waals surface area contributed by atoms with Gasteiger partial charge in [-0.1, -0.05) is 0 Å². The number of aryl methyl sites for hydroxylation is 2. The number of ether oxygens (including phenoxy) is 1. The standard InChI is InChI=1S/C20H28N6OS/c1-12-9-13(2)26(24-12)19-22-17(21-7-8-25(5)6)16-14-10-20(3,4)27-11-15(14)28-18(16)23-19/h9H,7-8,10-11H2,1-6H3,(H,21,22,23). The van der Waals surface area contributed by atoms with Crippen molar-refractivity contribution in [3.63, 3.8) is 0 Å². The normalized spacial score (nSPS) is 16.0. The molecule has 1 aliphatic rings. The summed E-state index contributed by atoms with van der Waals surface area (Å²) in [4.78, 5) is 14.2. The third-order valence-corrected chi connectivity index (χ3v) is 6.07. The number of nitrogens with zero attached hydrogens (tertiary/aromatic N) is 5. The van der Waals surface area contributed by atoms with Crippen LogP contribution in [0, 0.1) is 13.8 Å². The summed E-state index contributed by atoms with van der Waals surface area (Å²) in [6, 6.07) is 2.04. The molecule has 0 aromatic carbocycles. The van der Waals surface area contributed by atoms with Gasteiger partial charge in [-0.05, 0) is 53.4 Å². The van der Waals surface area contributed by atoms with Gasteiger partial charge in [0.25, 0.3) is 5.95 Å². The van der Waals surface area contributed by atoms with E-state index in [1.807, 2.05) is 24.6 Å². The molecule has 1 aliphatic heterocycles. The van der Waals surface area contributed by atoms with Gasteiger partial charge in [0.15, 0.2) is 0 Å². The van der Waals surface area contributed by atoms with Gasteiger partial charge >= 0.3 is 0 Å². The molecule has 3 aromatic rings. The summed E-state index contributed by atoms with van der Waals surface area (Å²) in [6.07, 6.45) is 0.868. The molecule has 3 aromatic heterocycles. The molecule has 1 N–H and O–H groups in total. The Hall–Kier alpha value is -2.03. The fraction of sp³-hybridized carbons (Fsp3) is 0.550. The van der Waals surface area contributed by atoms with Crippen molar-refractivity contribution in [2.75, 3.05) is 32.5 Å². The first-order valence-electron chi connectivity index (χ1n) is 9.62. The average Bonchev–Trinajstić information content (AvgIpc) is 3.12. The van der Waals surface area contributed by atoms with E-state index in [0.717, 1.165) is 46.9 Å². The Bertz CT molecular complexity index is 1020. The van der Waals surface area contributed by atoms with Crippen LogP contribution in [0.3, 0.4) is 0 Å². The van der Waals surface area contributed by atoms with Gasteiger partial charge in [-0.15, -0.1) is 11.3 Å². The maximum atomic E-state index is 6.03. The summed E-state index contributed by atoms with van der Waals surface area (Å²) in [5, 5.41) is 9.27. The molecule has 150 valence electrons. The Morgan fingerprint density at radius 3 is 2.75 bits per heavy atom. The van der Waals surface area contributed by atoms with Crippen molar-refractivity contribution < 1.29 is 4.74 Å². The lowest BCUT2D eigenvalue weighted by atomic mass is 9.94. The lowest BCUT2D eigenvalue weighted by Gasteiger charge is -2.30. The van der Waals surface area contributed by atoms with Crippen LogP contribution >= 0.6 is 11.3 Å². The fourth-order valence-electron chi connectivity index (χ4n) is 3.59. The highest BCUT2D eigenvalue weighted by Crippen LogP contribution is 2.41. The first kappa shape index (κ1) is 19.3. The van der Waals surface area contributed by atoms with Crippen molar-refractivity contribution in [1.82, 2.24) is 24.6 Å². The molecule has 0 bridgehead atoms. The Morgan fingerprint density at radius 1 is 1.29 bits per heavy atom. The Morgan fingerprint density at radius 2 is 2.07 bits per heavy atom. The fourth-order valence-corrected chi connectivity index (χ4v) is 4.68. The second-order valence-corrected chi connectivity index (χ2v) is 9.43. The van der Waals surface area contributed by atoms with Crippen molar-refractivity contribution in [2.45, 2.75) is 46.3 Å². The van der Waals surface area contributed by atoms with Gasteiger partial charge in [0.1, 0.15) is 10.6 Å². The molecule has 0 aliphatic carbocycles. The summed E-state index contributed by atoms with van der Waals surface area (Å²) >= 11 is 1.71. The number of hydrogen-bond donors (Lipinski definition) is 1. The zero-order valence-electron chi connectivity index (χ0n) is 17.5. The van der Waals surface area contributed by atoms with Crippen molar-refractivity contribution in [1.29, 1.82) is 0 Å². The van der Waals surface area contributed by atoms with Gasteiger partial charge in [-0.3, -0.25) is 0 Å². The molecule has 0 fully saturated rings. The number of fused-ring (bicyclic) bond motifs is 3. The third-order valence-electron chi connectivity index (χ3n) is 4.97. The van der Waals surface area contributed by atoms with E-state index >= 15 is 0 Å². The van der Waals surface area contributed by atoms with E-state index in [0.29, 0.717) is 12.6 Å². The lowest BCUT2D eigenvalue weighted by Crippen LogP contribution is -2.31. The monoisotopic (exact) mass is 400 g/mol. The molecule has 28 heavy (non-hydrogen) atoms. The summed E-state index contributed by atoms with van der Waals surface area (Å²) in [5.41, 5.74) is 3.14. The number of anilines is 1. The highest BCUT2D eigenvalue weighted by Gasteiger charge is 2.31. The smallest absolute Gasteiger partial charge is 0.254 e. The quantitative estimate of drug-likeness (QED) is 0.709. The predicted molar refractivity (Wildman–Crippen MR) is 114 cm³/mol. The molecular formula is C20H28N6OS. The molecule has 0 unspecified atom stereocenters. The summed E-state index contributed by atoms with van der Waals surface area (Å²) in [5.74, 6) is 1.51. The van der Waals surface area contributed by atoms with Crippen LogP contribution in [0.1, 0.15) is 35.7 Å². The second kappa shape index (κ2) is 7.09. The van der Waals surface area contributed by atoms with E-state index in [1.165, 1.54) is 10.4 Å². The number of rotatable bonds is 5. The molecule has 0 spiro atoms. The summed E-state index contributed by atoms with van der Waals surface area (Å²) < 4.78 is 7.85. The zero-order chi connectivity index (χ0) is 20.1. The van der Waals surface area contributed by atoms with Crippen LogP contribution in [0.5, 0.6) is 0 Å². The highest BCUT2D eigenvalue weighted by atomic mass is 32.1. The van der Waals surface area contributed by atoms with Gasteiger partial charge in [0, 0.05) is 30.1 Å². The van der Waals surface area contributed by atoms with E-state index in [4.69, 9.17) is 14.7 Å². The molecule has 4 heterocycles. The summed E-state index contributed by atoms with van der Waals surface area (Å²) in [6.45, 7) is 10.7. The van der Waals surface area contributed by atoms with E-state index in [-0.39, 0.29) is 5.60 Å². The molecule has 0 saturated heterocycles. The maximum absolute atomic E-state index is 6.03. The van der Waals surface area contributed by atoms with Crippen LogP contribution in [0.2, 0.25) is 0 Å². The molecule has 0 amide bonds. The molecule has 4 rings (SSSR count). The Balaban J connectivity index is 1.85. The Labute approximate surface area is 169 Å². The minimum Gasteiger partial charge on any atom is -0.370 e. The van der Waals surface area contributed by atoms with Crippen molar-refractivity contribution in [3.05, 3.63) is 27.9 Å². The van der Waals surface area contributed by atoms with Crippen LogP contribution in [-0.2, 0) is 17.8 Å². The predicted octanol–water partition coefficient (Wildman–Crippen LogP) is 3.32. The molecule has 7 nitrogen and oxygen atoms in total. The molecular weight excluding hydrogens is 372 g/mol. The number of aromatic nitrogens is 4. The molecule has 8 heteroatoms. The van der Waals surface area contributed by atoms with Crippen LogP contribution in [0.15, 0.2) is 6.07 Å². The van der Waals surface area contributed by atoms with Gasteiger partial charge < -0.3 is 15.0 Å². The molecule has 0 radical (unpaired) electrons. The Kier molecular flexibility index (Phi) is 4.89. The SMILES string of the molecule is Cc1cc(C)n(-c2nc(NCCN(C)C)c3c4c(sc3n2)COC(C)(C)C4)n1. The maximum Gasteiger partial charge on any atom is 0.254 e. The van der Waals surface area contributed by atoms with Gasteiger partial charge in [-0.25, -0.2) is 4.68 Å². The second-order valence-electron chi connectivity index (χ2n) is 8.35. The largest absolute Gasteiger partial charge is 0.370 e. The van der Waals surface area contributed by atoms with Crippen LogP contribution < -0.4 is 5.32 Å². The van der Waals surface area contributed by atoms with E-state index in [2.05, 4.69) is 43.3 Å². The van der Waals surface area contributed by atoms with Gasteiger partial charge in [-0.2, -0.15) is 15.1 Å². The number of nitrogens with one attached hydrogen (secondary N) is 1. The number of thiophene rings is 1. The van der Waals surface area contributed by atoms with Crippen molar-refractivity contribution in [3.8, 4) is 5.95 Å². The average molecular weight is 401 g/mol. The lowest BCUT2D eigenvalue weighted by molar-refractivity contribution is -0.0379. The summed E-state index contributed by atoms with van der Waals surface area (Å²) in [7, 11) is 4.15. The molecule has 0 saturated carbocycles. The van der Waals surface area contributed by atoms with Crippen molar-refractivity contribution >= 4 is 27.4 Å². The van der Waals surface area contributed by atoms with E-state index in [1.54, 1.807) is 11.3 Å². The zero-order valence-corrected chi connectivity index (χ0v) is 18.3. The first-order chi connectivity index (χ1) is 13.2. The first-order valence-corrected chi connectivity index (χ1v) is 10.4. The van der Waals surface area contributed by atoms with E-state index in [9.17, 15) is 0 Å². The van der Waals surface area contributed by atoms with Gasteiger partial charge in [0.05, 0.1) is 23.3 Å². The minimum atomic E-state index is -0.170. The van der Waals surface area contributed by atoms with Crippen LogP contribution in [-0.4, -0.2) is 57.4 Å². The van der Waals surface area contributed by atoms with E-state index < -0.39 is 0 Å². The minimum absolute atomic E-state index is 0.170. The third kappa shape index (κ3) is 3.64. The van der Waals surface area contributed by atoms with Crippen molar-refractivity contribution in [2.24, 2.45) is 0 Å². The molecule has 0 atom stereocenters. The number of hydrogen-bond acceptors (Lipinski definition) is 7. The van der Waals surface area contributed by atoms with Gasteiger partial charge in [0.2, 0.25) is 0 Å². The highest BCUT2D eigenvalue weighted by molar-refractivity contribution is 7.19. The van der Waals surface area contributed by atoms with Crippen LogP contribution in [0.25, 0.3) is 16.2 Å². The number of likely N-dealkylation sites (N-methyl/N-ethyl adjacent to an activating group) is 1. The topological polar surface area (TPSA) is 68.1 Å². The van der Waals surface area contributed by atoms with Crippen LogP contribution in [0.4, 0.5) is 5.82 Å².